The van der Waals surface area contributed by atoms with Crippen LogP contribution in [0.2, 0.25) is 4.82 Å². The van der Waals surface area contributed by atoms with Crippen LogP contribution in [0, 0.1) is 0 Å². The van der Waals surface area contributed by atoms with Crippen molar-refractivity contribution in [3.05, 3.63) is 30.3 Å². The predicted molar refractivity (Wildman–Crippen MR) is 78.4 cm³/mol. The maximum absolute atomic E-state index is 11.3. The molecule has 0 saturated carbocycles. The summed E-state index contributed by atoms with van der Waals surface area (Å²) in [6.07, 6.45) is 3.32. The molecule has 2 atom stereocenters. The molecule has 2 nitrogen and oxygen atoms in total. The fraction of sp³-hybridized carbons (Fsp3) is 0.533. The second kappa shape index (κ2) is 8.34. The van der Waals surface area contributed by atoms with Gasteiger partial charge in [0.25, 0.3) is 0 Å². The molecule has 0 bridgehead atoms. The van der Waals surface area contributed by atoms with Crippen LogP contribution in [0.1, 0.15) is 40.0 Å². The van der Waals surface area contributed by atoms with Crippen molar-refractivity contribution < 1.29 is 4.79 Å². The minimum atomic E-state index is 0.0933. The van der Waals surface area contributed by atoms with E-state index in [1.807, 2.05) is 0 Å². The van der Waals surface area contributed by atoms with Crippen molar-refractivity contribution in [2.45, 2.75) is 50.9 Å². The molecule has 0 heterocycles. The second-order valence-electron chi connectivity index (χ2n) is 4.47. The van der Waals surface area contributed by atoms with E-state index >= 15 is 0 Å². The molecule has 0 saturated heterocycles. The second-order valence-corrected chi connectivity index (χ2v) is 7.23. The number of hydrogen-bond acceptors (Lipinski definition) is 1. The summed E-state index contributed by atoms with van der Waals surface area (Å²) in [6.45, 7) is 6.02. The Kier molecular flexibility index (Phi) is 7.07. The number of carbonyl (C=O) groups is 1. The van der Waals surface area contributed by atoms with Crippen LogP contribution in [0.15, 0.2) is 30.3 Å². The standard InChI is InChI=1S/C15H23NOSe/c1-4-9-14(16-12(3)17)15(5-2)18-13-10-7-6-8-11-13/h6-8,10-11,14-15H,4-5,9H2,1-3H3,(H,16,17). The Morgan fingerprint density at radius 3 is 2.44 bits per heavy atom. The van der Waals surface area contributed by atoms with Gasteiger partial charge in [0.1, 0.15) is 0 Å². The molecule has 0 fully saturated rings. The third kappa shape index (κ3) is 5.24. The van der Waals surface area contributed by atoms with Gasteiger partial charge in [0.15, 0.2) is 0 Å². The van der Waals surface area contributed by atoms with Crippen LogP contribution in [0.4, 0.5) is 0 Å². The van der Waals surface area contributed by atoms with E-state index in [-0.39, 0.29) is 5.91 Å². The van der Waals surface area contributed by atoms with Crippen molar-refractivity contribution in [1.82, 2.24) is 5.32 Å². The summed E-state index contributed by atoms with van der Waals surface area (Å²) in [6, 6.07) is 11.0. The number of hydrogen-bond donors (Lipinski definition) is 1. The zero-order chi connectivity index (χ0) is 13.4. The summed E-state index contributed by atoms with van der Waals surface area (Å²) in [5, 5.41) is 3.13. The third-order valence-corrected chi connectivity index (χ3v) is 6.04. The van der Waals surface area contributed by atoms with Crippen molar-refractivity contribution in [3.8, 4) is 0 Å². The van der Waals surface area contributed by atoms with E-state index in [9.17, 15) is 4.79 Å². The molecule has 1 N–H and O–H groups in total. The predicted octanol–water partition coefficient (Wildman–Crippen LogP) is 2.52. The molecule has 0 radical (unpaired) electrons. The fourth-order valence-corrected chi connectivity index (χ4v) is 4.56. The molecule has 18 heavy (non-hydrogen) atoms. The van der Waals surface area contributed by atoms with Crippen molar-refractivity contribution in [2.75, 3.05) is 0 Å². The van der Waals surface area contributed by atoms with Crippen molar-refractivity contribution in [1.29, 1.82) is 0 Å². The molecule has 0 aliphatic heterocycles. The number of amides is 1. The maximum atomic E-state index is 11.3. The molecule has 1 aromatic rings. The Balaban J connectivity index is 2.69. The molecule has 2 unspecified atom stereocenters. The summed E-state index contributed by atoms with van der Waals surface area (Å²) >= 11 is 0.429. The molecule has 0 aliphatic rings. The van der Waals surface area contributed by atoms with Crippen molar-refractivity contribution >= 4 is 25.3 Å². The Bertz CT molecular complexity index is 353. The molecule has 0 spiro atoms. The van der Waals surface area contributed by atoms with Crippen molar-refractivity contribution in [3.63, 3.8) is 0 Å². The summed E-state index contributed by atoms with van der Waals surface area (Å²) < 4.78 is 1.42. The van der Waals surface area contributed by atoms with Gasteiger partial charge in [-0.05, 0) is 0 Å². The topological polar surface area (TPSA) is 29.1 Å². The molecule has 0 aliphatic carbocycles. The van der Waals surface area contributed by atoms with Gasteiger partial charge in [-0.15, -0.1) is 0 Å². The van der Waals surface area contributed by atoms with E-state index in [1.165, 1.54) is 4.46 Å². The van der Waals surface area contributed by atoms with E-state index < -0.39 is 0 Å². The van der Waals surface area contributed by atoms with Gasteiger partial charge in [-0.25, -0.2) is 0 Å². The Labute approximate surface area is 117 Å². The summed E-state index contributed by atoms with van der Waals surface area (Å²) in [7, 11) is 0. The fourth-order valence-electron chi connectivity index (χ4n) is 2.05. The monoisotopic (exact) mass is 313 g/mol. The van der Waals surface area contributed by atoms with E-state index in [0.717, 1.165) is 19.3 Å². The van der Waals surface area contributed by atoms with Gasteiger partial charge in [0, 0.05) is 0 Å². The van der Waals surface area contributed by atoms with Crippen LogP contribution in [0.3, 0.4) is 0 Å². The van der Waals surface area contributed by atoms with E-state index in [1.54, 1.807) is 6.92 Å². The van der Waals surface area contributed by atoms with E-state index in [0.29, 0.717) is 25.8 Å². The SMILES string of the molecule is CCCC(NC(C)=O)C(CC)[Se]c1ccccc1. The minimum absolute atomic E-state index is 0.0933. The number of carbonyl (C=O) groups excluding carboxylic acids is 1. The van der Waals surface area contributed by atoms with Gasteiger partial charge >= 0.3 is 117 Å². The normalized spacial score (nSPS) is 13.9. The number of rotatable bonds is 7. The first kappa shape index (κ1) is 15.3. The van der Waals surface area contributed by atoms with Gasteiger partial charge in [0.2, 0.25) is 0 Å². The summed E-state index contributed by atoms with van der Waals surface area (Å²) in [5.41, 5.74) is 0. The molecule has 1 aromatic carbocycles. The van der Waals surface area contributed by atoms with Gasteiger partial charge in [-0.3, -0.25) is 0 Å². The van der Waals surface area contributed by atoms with Crippen LogP contribution in [0.5, 0.6) is 0 Å². The third-order valence-electron chi connectivity index (χ3n) is 2.87. The molecule has 3 heteroatoms. The molecule has 1 amide bonds. The zero-order valence-corrected chi connectivity index (χ0v) is 13.2. The first-order valence-corrected chi connectivity index (χ1v) is 8.50. The molecule has 0 aromatic heterocycles. The first-order chi connectivity index (χ1) is 8.67. The average molecular weight is 312 g/mol. The van der Waals surface area contributed by atoms with Gasteiger partial charge in [-0.2, -0.15) is 0 Å². The molecular formula is C15H23NOSe. The number of nitrogens with one attached hydrogen (secondary N) is 1. The molecular weight excluding hydrogens is 289 g/mol. The Hall–Kier alpha value is -0.791. The first-order valence-electron chi connectivity index (χ1n) is 6.66. The Morgan fingerprint density at radius 2 is 1.94 bits per heavy atom. The average Bonchev–Trinajstić information content (AvgIpc) is 2.36. The molecule has 1 rings (SSSR count). The van der Waals surface area contributed by atoms with Crippen molar-refractivity contribution in [2.24, 2.45) is 0 Å². The zero-order valence-electron chi connectivity index (χ0n) is 11.5. The van der Waals surface area contributed by atoms with Gasteiger partial charge in [-0.1, -0.05) is 0 Å². The Morgan fingerprint density at radius 1 is 1.28 bits per heavy atom. The summed E-state index contributed by atoms with van der Waals surface area (Å²) in [5.74, 6) is 0.0933. The van der Waals surface area contributed by atoms with E-state index in [2.05, 4.69) is 49.5 Å². The van der Waals surface area contributed by atoms with Gasteiger partial charge < -0.3 is 0 Å². The van der Waals surface area contributed by atoms with Gasteiger partial charge in [0.05, 0.1) is 0 Å². The van der Waals surface area contributed by atoms with Crippen LogP contribution in [-0.2, 0) is 4.79 Å². The molecule has 100 valence electrons. The quantitative estimate of drug-likeness (QED) is 0.770. The van der Waals surface area contributed by atoms with Crippen LogP contribution in [-0.4, -0.2) is 26.9 Å². The number of benzene rings is 1. The van der Waals surface area contributed by atoms with Crippen LogP contribution in [0.25, 0.3) is 0 Å². The summed E-state index contributed by atoms with van der Waals surface area (Å²) in [4.78, 5) is 11.9. The van der Waals surface area contributed by atoms with Crippen LogP contribution < -0.4 is 9.78 Å². The van der Waals surface area contributed by atoms with E-state index in [4.69, 9.17) is 0 Å². The van der Waals surface area contributed by atoms with Crippen LogP contribution >= 0.6 is 0 Å².